The average Bonchev–Trinajstić information content (AvgIpc) is 3.32. The van der Waals surface area contributed by atoms with E-state index >= 15 is 0 Å². The van der Waals surface area contributed by atoms with Gasteiger partial charge in [-0.1, -0.05) is 19.3 Å². The Morgan fingerprint density at radius 1 is 0.864 bits per heavy atom. The maximum absolute atomic E-state index is 12.6. The van der Waals surface area contributed by atoms with Gasteiger partial charge in [-0.25, -0.2) is 0 Å². The number of nitrogens with zero attached hydrogens (tertiary/aromatic N) is 3. The van der Waals surface area contributed by atoms with Gasteiger partial charge in [0.05, 0.1) is 0 Å². The SMILES string of the molecule is O=C(C1CCCCC1)N1CCC(c2nnc(C3CC3)s2)CC1. The van der Waals surface area contributed by atoms with Gasteiger partial charge in [-0.2, -0.15) is 0 Å². The van der Waals surface area contributed by atoms with Crippen LogP contribution in [0.2, 0.25) is 0 Å². The molecule has 0 bridgehead atoms. The molecule has 2 aliphatic carbocycles. The second-order valence-corrected chi connectivity index (χ2v) is 8.23. The summed E-state index contributed by atoms with van der Waals surface area (Å²) in [5, 5.41) is 11.3. The standard InChI is InChI=1S/C17H25N3OS/c21-17(14-4-2-1-3-5-14)20-10-8-13(9-11-20)16-19-18-15(22-16)12-6-7-12/h12-14H,1-11H2. The van der Waals surface area contributed by atoms with Crippen LogP contribution in [0.4, 0.5) is 0 Å². The van der Waals surface area contributed by atoms with Gasteiger partial charge in [-0.05, 0) is 38.5 Å². The lowest BCUT2D eigenvalue weighted by atomic mass is 9.87. The van der Waals surface area contributed by atoms with E-state index in [0.29, 0.717) is 23.7 Å². The topological polar surface area (TPSA) is 46.1 Å². The van der Waals surface area contributed by atoms with Gasteiger partial charge in [0, 0.05) is 30.8 Å². The molecule has 3 fully saturated rings. The van der Waals surface area contributed by atoms with E-state index in [0.717, 1.165) is 38.8 Å². The van der Waals surface area contributed by atoms with Crippen LogP contribution in [0.3, 0.4) is 0 Å². The van der Waals surface area contributed by atoms with E-state index in [1.54, 1.807) is 0 Å². The maximum atomic E-state index is 12.6. The maximum Gasteiger partial charge on any atom is 0.225 e. The fraction of sp³-hybridized carbons (Fsp3) is 0.824. The summed E-state index contributed by atoms with van der Waals surface area (Å²) in [5.41, 5.74) is 0. The van der Waals surface area contributed by atoms with Crippen molar-refractivity contribution in [1.82, 2.24) is 15.1 Å². The molecule has 0 unspecified atom stereocenters. The molecular weight excluding hydrogens is 294 g/mol. The minimum Gasteiger partial charge on any atom is -0.342 e. The number of aromatic nitrogens is 2. The van der Waals surface area contributed by atoms with E-state index in [-0.39, 0.29) is 0 Å². The largest absolute Gasteiger partial charge is 0.342 e. The lowest BCUT2D eigenvalue weighted by Gasteiger charge is -2.34. The Hall–Kier alpha value is -0.970. The van der Waals surface area contributed by atoms with Gasteiger partial charge < -0.3 is 4.90 Å². The summed E-state index contributed by atoms with van der Waals surface area (Å²) < 4.78 is 0. The molecule has 1 aromatic heterocycles. The van der Waals surface area contributed by atoms with E-state index in [1.807, 2.05) is 11.3 Å². The first-order valence-corrected chi connectivity index (χ1v) is 9.75. The number of hydrogen-bond acceptors (Lipinski definition) is 4. The second-order valence-electron chi connectivity index (χ2n) is 7.19. The van der Waals surface area contributed by atoms with Gasteiger partial charge in [-0.15, -0.1) is 21.5 Å². The number of carbonyl (C=O) groups is 1. The third-order valence-electron chi connectivity index (χ3n) is 5.49. The number of likely N-dealkylation sites (tertiary alicyclic amines) is 1. The van der Waals surface area contributed by atoms with Crippen molar-refractivity contribution in [1.29, 1.82) is 0 Å². The van der Waals surface area contributed by atoms with Crippen molar-refractivity contribution in [3.8, 4) is 0 Å². The van der Waals surface area contributed by atoms with Crippen LogP contribution in [-0.4, -0.2) is 34.1 Å². The molecule has 2 saturated carbocycles. The van der Waals surface area contributed by atoms with Gasteiger partial charge in [0.25, 0.3) is 0 Å². The average molecular weight is 319 g/mol. The van der Waals surface area contributed by atoms with E-state index in [9.17, 15) is 4.79 Å². The number of amides is 1. The van der Waals surface area contributed by atoms with Gasteiger partial charge >= 0.3 is 0 Å². The number of hydrogen-bond donors (Lipinski definition) is 0. The Morgan fingerprint density at radius 2 is 1.45 bits per heavy atom. The van der Waals surface area contributed by atoms with E-state index < -0.39 is 0 Å². The molecular formula is C17H25N3OS. The molecule has 0 spiro atoms. The van der Waals surface area contributed by atoms with Crippen LogP contribution in [-0.2, 0) is 4.79 Å². The summed E-state index contributed by atoms with van der Waals surface area (Å²) in [6.07, 6.45) is 10.7. The van der Waals surface area contributed by atoms with Crippen LogP contribution in [0.15, 0.2) is 0 Å². The van der Waals surface area contributed by atoms with Crippen molar-refractivity contribution in [3.05, 3.63) is 10.0 Å². The summed E-state index contributed by atoms with van der Waals surface area (Å²) in [4.78, 5) is 14.7. The number of rotatable bonds is 3. The van der Waals surface area contributed by atoms with Crippen LogP contribution in [0, 0.1) is 5.92 Å². The predicted molar refractivity (Wildman–Crippen MR) is 87.0 cm³/mol. The fourth-order valence-electron chi connectivity index (χ4n) is 3.86. The molecule has 4 rings (SSSR count). The minimum absolute atomic E-state index is 0.313. The number of carbonyl (C=O) groups excluding carboxylic acids is 1. The molecule has 1 aromatic rings. The smallest absolute Gasteiger partial charge is 0.225 e. The second kappa shape index (κ2) is 6.26. The Morgan fingerprint density at radius 3 is 2.05 bits per heavy atom. The first-order valence-electron chi connectivity index (χ1n) is 8.93. The lowest BCUT2D eigenvalue weighted by Crippen LogP contribution is -2.41. The van der Waals surface area contributed by atoms with Crippen LogP contribution < -0.4 is 0 Å². The van der Waals surface area contributed by atoms with Gasteiger partial charge in [0.15, 0.2) is 0 Å². The highest BCUT2D eigenvalue weighted by molar-refractivity contribution is 7.11. The molecule has 1 aliphatic heterocycles. The summed E-state index contributed by atoms with van der Waals surface area (Å²) in [5.74, 6) is 1.97. The molecule has 3 aliphatic rings. The summed E-state index contributed by atoms with van der Waals surface area (Å²) >= 11 is 1.82. The minimum atomic E-state index is 0.313. The third kappa shape index (κ3) is 3.05. The van der Waals surface area contributed by atoms with Crippen LogP contribution >= 0.6 is 11.3 Å². The van der Waals surface area contributed by atoms with Crippen molar-refractivity contribution in [2.75, 3.05) is 13.1 Å². The van der Waals surface area contributed by atoms with Crippen molar-refractivity contribution in [3.63, 3.8) is 0 Å². The molecule has 4 nitrogen and oxygen atoms in total. The van der Waals surface area contributed by atoms with Crippen LogP contribution in [0.5, 0.6) is 0 Å². The monoisotopic (exact) mass is 319 g/mol. The molecule has 0 radical (unpaired) electrons. The molecule has 1 amide bonds. The highest BCUT2D eigenvalue weighted by Crippen LogP contribution is 2.43. The zero-order chi connectivity index (χ0) is 14.9. The highest BCUT2D eigenvalue weighted by Gasteiger charge is 2.32. The predicted octanol–water partition coefficient (Wildman–Crippen LogP) is 3.70. The van der Waals surface area contributed by atoms with Crippen molar-refractivity contribution < 1.29 is 4.79 Å². The molecule has 2 heterocycles. The molecule has 22 heavy (non-hydrogen) atoms. The molecule has 5 heteroatoms. The van der Waals surface area contributed by atoms with Gasteiger partial charge in [-0.3, -0.25) is 4.79 Å². The Bertz CT molecular complexity index is 526. The summed E-state index contributed by atoms with van der Waals surface area (Å²) in [6.45, 7) is 1.83. The van der Waals surface area contributed by atoms with E-state index in [4.69, 9.17) is 0 Å². The first kappa shape index (κ1) is 14.6. The Kier molecular flexibility index (Phi) is 4.16. The van der Waals surface area contributed by atoms with Crippen molar-refractivity contribution >= 4 is 17.2 Å². The van der Waals surface area contributed by atoms with E-state index in [1.165, 1.54) is 42.1 Å². The quantitative estimate of drug-likeness (QED) is 0.853. The Labute approximate surface area is 136 Å². The molecule has 0 atom stereocenters. The third-order valence-corrected chi connectivity index (χ3v) is 6.74. The first-order chi connectivity index (χ1) is 10.8. The normalized spacial score (nSPS) is 24.6. The van der Waals surface area contributed by atoms with Crippen LogP contribution in [0.25, 0.3) is 0 Å². The fourth-order valence-corrected chi connectivity index (χ4v) is 5.04. The highest BCUT2D eigenvalue weighted by atomic mass is 32.1. The van der Waals surface area contributed by atoms with Crippen LogP contribution in [0.1, 0.15) is 79.6 Å². The van der Waals surface area contributed by atoms with Crippen molar-refractivity contribution in [2.24, 2.45) is 5.92 Å². The molecule has 120 valence electrons. The molecule has 0 N–H and O–H groups in total. The van der Waals surface area contributed by atoms with Gasteiger partial charge in [0.1, 0.15) is 10.0 Å². The number of piperidine rings is 1. The molecule has 0 aromatic carbocycles. The summed E-state index contributed by atoms with van der Waals surface area (Å²) in [7, 11) is 0. The molecule has 1 saturated heterocycles. The zero-order valence-electron chi connectivity index (χ0n) is 13.2. The Balaban J connectivity index is 1.32. The van der Waals surface area contributed by atoms with Crippen molar-refractivity contribution in [2.45, 2.75) is 69.6 Å². The van der Waals surface area contributed by atoms with E-state index in [2.05, 4.69) is 15.1 Å². The lowest BCUT2D eigenvalue weighted by molar-refractivity contribution is -0.137. The summed E-state index contributed by atoms with van der Waals surface area (Å²) in [6, 6.07) is 0. The zero-order valence-corrected chi connectivity index (χ0v) is 14.0. The van der Waals surface area contributed by atoms with Gasteiger partial charge in [0.2, 0.25) is 5.91 Å².